The van der Waals surface area contributed by atoms with Crippen molar-refractivity contribution in [3.8, 4) is 5.88 Å². The normalized spacial score (nSPS) is 11.5. The van der Waals surface area contributed by atoms with Gasteiger partial charge in [0.25, 0.3) is 0 Å². The smallest absolute Gasteiger partial charge is 0.217 e. The van der Waals surface area contributed by atoms with Crippen LogP contribution in [-0.2, 0) is 6.42 Å². The van der Waals surface area contributed by atoms with Crippen molar-refractivity contribution < 1.29 is 9.84 Å². The number of hydrogen-bond donors (Lipinski definition) is 1. The molecular formula is C11H16ClNO2. The number of hydrogen-bond acceptors (Lipinski definition) is 3. The Labute approximate surface area is 95.1 Å². The molecule has 0 fully saturated rings. The van der Waals surface area contributed by atoms with E-state index in [2.05, 4.69) is 4.98 Å². The summed E-state index contributed by atoms with van der Waals surface area (Å²) >= 11 is 5.76. The van der Waals surface area contributed by atoms with Gasteiger partial charge in [-0.15, -0.1) is 0 Å². The molecule has 0 aromatic carbocycles. The fraction of sp³-hybridized carbons (Fsp3) is 0.545. The van der Waals surface area contributed by atoms with Gasteiger partial charge in [0, 0.05) is 12.2 Å². The number of halogens is 1. The second-order valence-corrected chi connectivity index (χ2v) is 4.69. The molecule has 0 aliphatic heterocycles. The topological polar surface area (TPSA) is 42.4 Å². The van der Waals surface area contributed by atoms with Gasteiger partial charge in [-0.05, 0) is 17.9 Å². The monoisotopic (exact) mass is 229 g/mol. The van der Waals surface area contributed by atoms with E-state index in [0.29, 0.717) is 17.5 Å². The van der Waals surface area contributed by atoms with Crippen molar-refractivity contribution in [2.75, 3.05) is 13.7 Å². The van der Waals surface area contributed by atoms with E-state index in [1.54, 1.807) is 13.2 Å². The van der Waals surface area contributed by atoms with Gasteiger partial charge < -0.3 is 9.84 Å². The lowest BCUT2D eigenvalue weighted by Crippen LogP contribution is -2.20. The zero-order valence-electron chi connectivity index (χ0n) is 9.25. The number of nitrogens with zero attached hydrogens (tertiary/aromatic N) is 1. The molecule has 1 heterocycles. The maximum atomic E-state index is 9.19. The number of aromatic nitrogens is 1. The van der Waals surface area contributed by atoms with Gasteiger partial charge >= 0.3 is 0 Å². The minimum Gasteiger partial charge on any atom is -0.481 e. The van der Waals surface area contributed by atoms with Crippen LogP contribution in [-0.4, -0.2) is 23.8 Å². The first kappa shape index (κ1) is 12.3. The number of aliphatic hydroxyl groups is 1. The molecule has 1 aromatic rings. The Kier molecular flexibility index (Phi) is 3.94. The number of ether oxygens (including phenoxy) is 1. The van der Waals surface area contributed by atoms with E-state index in [0.717, 1.165) is 5.56 Å². The average Bonchev–Trinajstić information content (AvgIpc) is 2.20. The van der Waals surface area contributed by atoms with Crippen LogP contribution >= 0.6 is 11.6 Å². The number of methoxy groups -OCH3 is 1. The van der Waals surface area contributed by atoms with Crippen LogP contribution in [0, 0.1) is 5.41 Å². The second kappa shape index (κ2) is 4.81. The minimum atomic E-state index is -0.178. The number of aliphatic hydroxyl groups excluding tert-OH is 1. The van der Waals surface area contributed by atoms with Crippen LogP contribution in [0.5, 0.6) is 5.88 Å². The van der Waals surface area contributed by atoms with E-state index in [-0.39, 0.29) is 12.0 Å². The highest BCUT2D eigenvalue weighted by Gasteiger charge is 2.20. The van der Waals surface area contributed by atoms with Crippen LogP contribution in [0.2, 0.25) is 5.15 Å². The molecule has 1 aromatic heterocycles. The molecule has 0 bridgehead atoms. The van der Waals surface area contributed by atoms with Gasteiger partial charge in [-0.3, -0.25) is 0 Å². The van der Waals surface area contributed by atoms with E-state index >= 15 is 0 Å². The van der Waals surface area contributed by atoms with Gasteiger partial charge in [0.2, 0.25) is 5.88 Å². The van der Waals surface area contributed by atoms with Crippen molar-refractivity contribution in [3.63, 3.8) is 0 Å². The van der Waals surface area contributed by atoms with Crippen LogP contribution < -0.4 is 4.74 Å². The molecule has 1 rings (SSSR count). The molecular weight excluding hydrogens is 214 g/mol. The molecule has 0 radical (unpaired) electrons. The molecule has 15 heavy (non-hydrogen) atoms. The quantitative estimate of drug-likeness (QED) is 0.806. The molecule has 0 saturated carbocycles. The summed E-state index contributed by atoms with van der Waals surface area (Å²) in [6, 6.07) is 3.61. The maximum absolute atomic E-state index is 9.19. The lowest BCUT2D eigenvalue weighted by molar-refractivity contribution is 0.158. The van der Waals surface area contributed by atoms with Gasteiger partial charge in [-0.2, -0.15) is 0 Å². The molecule has 1 N–H and O–H groups in total. The molecule has 0 amide bonds. The third kappa shape index (κ3) is 3.36. The fourth-order valence-corrected chi connectivity index (χ4v) is 1.47. The zero-order chi connectivity index (χ0) is 11.5. The van der Waals surface area contributed by atoms with Crippen molar-refractivity contribution in [2.45, 2.75) is 20.3 Å². The maximum Gasteiger partial charge on any atom is 0.217 e. The summed E-state index contributed by atoms with van der Waals surface area (Å²) in [4.78, 5) is 4.07. The third-order valence-corrected chi connectivity index (χ3v) is 2.41. The summed E-state index contributed by atoms with van der Waals surface area (Å²) < 4.78 is 5.14. The molecule has 0 saturated heterocycles. The fourth-order valence-electron chi connectivity index (χ4n) is 1.33. The Morgan fingerprint density at radius 3 is 2.67 bits per heavy atom. The Bertz CT molecular complexity index is 339. The van der Waals surface area contributed by atoms with Crippen molar-refractivity contribution in [1.82, 2.24) is 4.98 Å². The first-order valence-electron chi connectivity index (χ1n) is 4.79. The van der Waals surface area contributed by atoms with Gasteiger partial charge in [-0.1, -0.05) is 31.5 Å². The summed E-state index contributed by atoms with van der Waals surface area (Å²) in [5.41, 5.74) is 0.781. The van der Waals surface area contributed by atoms with Crippen LogP contribution in [0.15, 0.2) is 12.1 Å². The zero-order valence-corrected chi connectivity index (χ0v) is 10.0. The predicted octanol–water partition coefficient (Wildman–Crippen LogP) is 2.30. The highest BCUT2D eigenvalue weighted by molar-refractivity contribution is 6.29. The van der Waals surface area contributed by atoms with Gasteiger partial charge in [0.05, 0.1) is 7.11 Å². The van der Waals surface area contributed by atoms with Crippen LogP contribution in [0.4, 0.5) is 0 Å². The summed E-state index contributed by atoms with van der Waals surface area (Å²) in [7, 11) is 1.56. The van der Waals surface area contributed by atoms with Crippen LogP contribution in [0.3, 0.4) is 0 Å². The SMILES string of the molecule is COc1nc(Cl)ccc1CC(C)(C)CO. The number of rotatable bonds is 4. The Hall–Kier alpha value is -0.800. The van der Waals surface area contributed by atoms with Crippen molar-refractivity contribution >= 4 is 11.6 Å². The largest absolute Gasteiger partial charge is 0.481 e. The lowest BCUT2D eigenvalue weighted by Gasteiger charge is -2.22. The van der Waals surface area contributed by atoms with Crippen molar-refractivity contribution in [2.24, 2.45) is 5.41 Å². The standard InChI is InChI=1S/C11H16ClNO2/c1-11(2,7-14)6-8-4-5-9(12)13-10(8)15-3/h4-5,14H,6-7H2,1-3H3. The molecule has 4 heteroatoms. The summed E-state index contributed by atoms with van der Waals surface area (Å²) in [6.45, 7) is 4.10. The molecule has 0 unspecified atom stereocenters. The minimum absolute atomic E-state index is 0.124. The van der Waals surface area contributed by atoms with E-state index in [4.69, 9.17) is 16.3 Å². The van der Waals surface area contributed by atoms with Gasteiger partial charge in [-0.25, -0.2) is 4.98 Å². The van der Waals surface area contributed by atoms with Crippen LogP contribution in [0.1, 0.15) is 19.4 Å². The second-order valence-electron chi connectivity index (χ2n) is 4.30. The summed E-state index contributed by atoms with van der Waals surface area (Å²) in [5.74, 6) is 0.532. The Morgan fingerprint density at radius 1 is 1.47 bits per heavy atom. The van der Waals surface area contributed by atoms with E-state index in [1.807, 2.05) is 19.9 Å². The first-order valence-corrected chi connectivity index (χ1v) is 5.16. The Morgan fingerprint density at radius 2 is 2.13 bits per heavy atom. The van der Waals surface area contributed by atoms with E-state index in [1.165, 1.54) is 0 Å². The predicted molar refractivity (Wildman–Crippen MR) is 60.4 cm³/mol. The van der Waals surface area contributed by atoms with Gasteiger partial charge in [0.1, 0.15) is 5.15 Å². The first-order chi connectivity index (χ1) is 6.98. The highest BCUT2D eigenvalue weighted by Crippen LogP contribution is 2.27. The Balaban J connectivity index is 2.94. The van der Waals surface area contributed by atoms with Crippen molar-refractivity contribution in [1.29, 1.82) is 0 Å². The molecule has 84 valence electrons. The summed E-state index contributed by atoms with van der Waals surface area (Å²) in [5, 5.41) is 9.60. The molecule has 0 atom stereocenters. The number of pyridine rings is 1. The molecule has 0 aliphatic carbocycles. The lowest BCUT2D eigenvalue weighted by atomic mass is 9.87. The molecule has 0 spiro atoms. The van der Waals surface area contributed by atoms with Crippen LogP contribution in [0.25, 0.3) is 0 Å². The summed E-state index contributed by atoms with van der Waals surface area (Å²) in [6.07, 6.45) is 0.705. The molecule has 0 aliphatic rings. The third-order valence-electron chi connectivity index (χ3n) is 2.20. The average molecular weight is 230 g/mol. The van der Waals surface area contributed by atoms with Gasteiger partial charge in [0.15, 0.2) is 0 Å². The highest BCUT2D eigenvalue weighted by atomic mass is 35.5. The van der Waals surface area contributed by atoms with E-state index < -0.39 is 0 Å². The molecule has 3 nitrogen and oxygen atoms in total. The van der Waals surface area contributed by atoms with Crippen molar-refractivity contribution in [3.05, 3.63) is 22.8 Å². The van der Waals surface area contributed by atoms with E-state index in [9.17, 15) is 5.11 Å².